The van der Waals surface area contributed by atoms with Crippen LogP contribution in [0, 0.1) is 12.7 Å². The second-order valence-electron chi connectivity index (χ2n) is 3.70. The molecule has 1 rings (SSSR count). The molecule has 1 aromatic carbocycles. The number of hydrogen-bond acceptors (Lipinski definition) is 3. The van der Waals surface area contributed by atoms with Crippen molar-refractivity contribution in [3.05, 3.63) is 28.0 Å². The fraction of sp³-hybridized carbons (Fsp3) is 0.300. The van der Waals surface area contributed by atoms with Crippen molar-refractivity contribution in [2.75, 3.05) is 17.3 Å². The number of carbonyl (C=O) groups excluding carboxylic acids is 1. The summed E-state index contributed by atoms with van der Waals surface area (Å²) < 4.78 is 35.1. The van der Waals surface area contributed by atoms with Crippen LogP contribution in [0.2, 0.25) is 0 Å². The second-order valence-corrected chi connectivity index (χ2v) is 6.69. The average Bonchev–Trinajstić information content (AvgIpc) is 2.11. The van der Waals surface area contributed by atoms with E-state index in [2.05, 4.69) is 21.2 Å². The van der Waals surface area contributed by atoms with Crippen LogP contribution in [0.1, 0.15) is 5.56 Å². The summed E-state index contributed by atoms with van der Waals surface area (Å²) in [5.74, 6) is -1.68. The number of rotatable bonds is 3. The Morgan fingerprint density at radius 3 is 2.59 bits per heavy atom. The van der Waals surface area contributed by atoms with Crippen molar-refractivity contribution in [2.45, 2.75) is 6.92 Å². The number of halogens is 2. The molecule has 0 aliphatic heterocycles. The van der Waals surface area contributed by atoms with Gasteiger partial charge in [-0.3, -0.25) is 4.79 Å². The van der Waals surface area contributed by atoms with Gasteiger partial charge < -0.3 is 5.32 Å². The lowest BCUT2D eigenvalue weighted by atomic mass is 10.2. The van der Waals surface area contributed by atoms with Crippen molar-refractivity contribution in [1.82, 2.24) is 0 Å². The van der Waals surface area contributed by atoms with E-state index in [9.17, 15) is 17.6 Å². The quantitative estimate of drug-likeness (QED) is 0.923. The number of carbonyl (C=O) groups is 1. The zero-order valence-corrected chi connectivity index (χ0v) is 11.7. The molecule has 0 aliphatic carbocycles. The largest absolute Gasteiger partial charge is 0.325 e. The highest BCUT2D eigenvalue weighted by molar-refractivity contribution is 9.10. The van der Waals surface area contributed by atoms with Gasteiger partial charge in [0.1, 0.15) is 11.6 Å². The summed E-state index contributed by atoms with van der Waals surface area (Å²) in [6.45, 7) is 1.62. The number of sulfone groups is 1. The fourth-order valence-corrected chi connectivity index (χ4v) is 2.10. The molecular formula is C10H11BrFNO3S. The van der Waals surface area contributed by atoms with Gasteiger partial charge in [0.2, 0.25) is 5.91 Å². The fourth-order valence-electron chi connectivity index (χ4n) is 1.21. The molecule has 94 valence electrons. The van der Waals surface area contributed by atoms with Crippen LogP contribution in [0.4, 0.5) is 10.1 Å². The Kier molecular flexibility index (Phi) is 4.26. The van der Waals surface area contributed by atoms with Crippen LogP contribution >= 0.6 is 15.9 Å². The zero-order chi connectivity index (χ0) is 13.2. The molecule has 4 nitrogen and oxygen atoms in total. The van der Waals surface area contributed by atoms with Gasteiger partial charge >= 0.3 is 0 Å². The first-order chi connectivity index (χ1) is 7.69. The summed E-state index contributed by atoms with van der Waals surface area (Å²) in [6.07, 6.45) is 0.972. The van der Waals surface area contributed by atoms with Crippen LogP contribution in [0.15, 0.2) is 16.6 Å². The standard InChI is InChI=1S/C10H11BrFNO3S/c1-6-3-8(12)7(11)4-9(6)13-10(14)5-17(2,15)16/h3-4H,5H2,1-2H3,(H,13,14). The van der Waals surface area contributed by atoms with E-state index in [0.717, 1.165) is 6.26 Å². The minimum absolute atomic E-state index is 0.206. The van der Waals surface area contributed by atoms with Crippen LogP contribution < -0.4 is 5.32 Å². The molecule has 0 aliphatic rings. The maximum atomic E-state index is 13.1. The highest BCUT2D eigenvalue weighted by Gasteiger charge is 2.13. The highest BCUT2D eigenvalue weighted by Crippen LogP contribution is 2.24. The first-order valence-corrected chi connectivity index (χ1v) is 7.47. The Hall–Kier alpha value is -0.950. The van der Waals surface area contributed by atoms with E-state index in [1.54, 1.807) is 6.92 Å². The number of aryl methyl sites for hydroxylation is 1. The summed E-state index contributed by atoms with van der Waals surface area (Å²) in [5, 5.41) is 2.42. The van der Waals surface area contributed by atoms with E-state index < -0.39 is 27.3 Å². The Balaban J connectivity index is 2.89. The monoisotopic (exact) mass is 323 g/mol. The normalized spacial score (nSPS) is 11.3. The van der Waals surface area contributed by atoms with Gasteiger partial charge in [0, 0.05) is 11.9 Å². The highest BCUT2D eigenvalue weighted by atomic mass is 79.9. The SMILES string of the molecule is Cc1cc(F)c(Br)cc1NC(=O)CS(C)(=O)=O. The molecule has 0 bridgehead atoms. The van der Waals surface area contributed by atoms with Gasteiger partial charge in [-0.1, -0.05) is 0 Å². The predicted molar refractivity (Wildman–Crippen MR) is 67.2 cm³/mol. The van der Waals surface area contributed by atoms with Crippen LogP contribution in [0.3, 0.4) is 0 Å². The molecular weight excluding hydrogens is 313 g/mol. The van der Waals surface area contributed by atoms with Crippen molar-refractivity contribution >= 4 is 37.4 Å². The molecule has 0 fully saturated rings. The third-order valence-electron chi connectivity index (χ3n) is 1.93. The Labute approximate surface area is 107 Å². The summed E-state index contributed by atoms with van der Waals surface area (Å²) in [4.78, 5) is 11.4. The molecule has 0 saturated carbocycles. The third kappa shape index (κ3) is 4.43. The summed E-state index contributed by atoms with van der Waals surface area (Å²) in [5.41, 5.74) is 0.902. The molecule has 7 heteroatoms. The molecule has 0 atom stereocenters. The number of anilines is 1. The van der Waals surface area contributed by atoms with Gasteiger partial charge in [0.15, 0.2) is 9.84 Å². The van der Waals surface area contributed by atoms with E-state index in [1.165, 1.54) is 12.1 Å². The van der Waals surface area contributed by atoms with Crippen LogP contribution in [0.25, 0.3) is 0 Å². The third-order valence-corrected chi connectivity index (χ3v) is 3.33. The van der Waals surface area contributed by atoms with Gasteiger partial charge in [-0.05, 0) is 40.5 Å². The molecule has 0 heterocycles. The lowest BCUT2D eigenvalue weighted by molar-refractivity contribution is -0.113. The maximum absolute atomic E-state index is 13.1. The molecule has 1 N–H and O–H groups in total. The summed E-state index contributed by atoms with van der Waals surface area (Å²) >= 11 is 2.99. The van der Waals surface area contributed by atoms with Gasteiger partial charge in [-0.2, -0.15) is 0 Å². The first kappa shape index (κ1) is 14.1. The number of benzene rings is 1. The zero-order valence-electron chi connectivity index (χ0n) is 9.25. The molecule has 1 aromatic rings. The molecule has 0 saturated heterocycles. The van der Waals surface area contributed by atoms with Crippen molar-refractivity contribution < 1.29 is 17.6 Å². The number of nitrogens with one attached hydrogen (secondary N) is 1. The molecule has 0 aromatic heterocycles. The first-order valence-electron chi connectivity index (χ1n) is 4.62. The van der Waals surface area contributed by atoms with E-state index >= 15 is 0 Å². The van der Waals surface area contributed by atoms with Crippen molar-refractivity contribution in [3.8, 4) is 0 Å². The van der Waals surface area contributed by atoms with E-state index in [0.29, 0.717) is 11.3 Å². The minimum atomic E-state index is -3.37. The minimum Gasteiger partial charge on any atom is -0.325 e. The second kappa shape index (κ2) is 5.14. The van der Waals surface area contributed by atoms with Crippen molar-refractivity contribution in [3.63, 3.8) is 0 Å². The van der Waals surface area contributed by atoms with Crippen LogP contribution in [0.5, 0.6) is 0 Å². The van der Waals surface area contributed by atoms with Crippen LogP contribution in [-0.4, -0.2) is 26.3 Å². The Morgan fingerprint density at radius 1 is 1.47 bits per heavy atom. The lowest BCUT2D eigenvalue weighted by Gasteiger charge is -2.09. The van der Waals surface area contributed by atoms with Crippen molar-refractivity contribution in [2.24, 2.45) is 0 Å². The molecule has 0 spiro atoms. The lowest BCUT2D eigenvalue weighted by Crippen LogP contribution is -2.22. The van der Waals surface area contributed by atoms with E-state index in [-0.39, 0.29) is 4.47 Å². The van der Waals surface area contributed by atoms with E-state index in [1.807, 2.05) is 0 Å². The van der Waals surface area contributed by atoms with Crippen LogP contribution in [-0.2, 0) is 14.6 Å². The number of hydrogen-bond donors (Lipinski definition) is 1. The van der Waals surface area contributed by atoms with Gasteiger partial charge in [0.25, 0.3) is 0 Å². The Morgan fingerprint density at radius 2 is 2.06 bits per heavy atom. The summed E-state index contributed by atoms with van der Waals surface area (Å²) in [7, 11) is -3.37. The molecule has 17 heavy (non-hydrogen) atoms. The van der Waals surface area contributed by atoms with Gasteiger partial charge in [0.05, 0.1) is 4.47 Å². The smallest absolute Gasteiger partial charge is 0.239 e. The summed E-state index contributed by atoms with van der Waals surface area (Å²) in [6, 6.07) is 2.64. The number of amides is 1. The molecule has 0 radical (unpaired) electrons. The van der Waals surface area contributed by atoms with Gasteiger partial charge in [-0.25, -0.2) is 12.8 Å². The van der Waals surface area contributed by atoms with Crippen molar-refractivity contribution in [1.29, 1.82) is 0 Å². The topological polar surface area (TPSA) is 63.2 Å². The molecule has 0 unspecified atom stereocenters. The molecule has 1 amide bonds. The average molecular weight is 324 g/mol. The maximum Gasteiger partial charge on any atom is 0.239 e. The van der Waals surface area contributed by atoms with Gasteiger partial charge in [-0.15, -0.1) is 0 Å². The Bertz CT molecular complexity index is 557. The predicted octanol–water partition coefficient (Wildman–Crippen LogP) is 1.88. The van der Waals surface area contributed by atoms with E-state index in [4.69, 9.17) is 0 Å².